The van der Waals surface area contributed by atoms with E-state index in [2.05, 4.69) is 41.5 Å². The van der Waals surface area contributed by atoms with Crippen molar-refractivity contribution in [1.29, 1.82) is 0 Å². The molecule has 0 aromatic heterocycles. The second-order valence-corrected chi connectivity index (χ2v) is 18.9. The van der Waals surface area contributed by atoms with Crippen LogP contribution in [0, 0.1) is 47.3 Å². The molecule has 0 aliphatic carbocycles. The first kappa shape index (κ1) is 44.2. The Bertz CT molecular complexity index is 1290. The number of hydrogen-bond acceptors (Lipinski definition) is 10. The van der Waals surface area contributed by atoms with Gasteiger partial charge in [0, 0.05) is 73.2 Å². The van der Waals surface area contributed by atoms with Gasteiger partial charge in [-0.2, -0.15) is 0 Å². The zero-order valence-electron chi connectivity index (χ0n) is 34.9. The van der Waals surface area contributed by atoms with Gasteiger partial charge >= 0.3 is 5.97 Å². The van der Waals surface area contributed by atoms with Crippen molar-refractivity contribution in [1.82, 2.24) is 0 Å². The molecule has 0 bridgehead atoms. The molecule has 1 radical (unpaired) electrons. The molecule has 301 valence electrons. The van der Waals surface area contributed by atoms with Gasteiger partial charge in [-0.25, -0.2) is 0 Å². The van der Waals surface area contributed by atoms with Crippen LogP contribution in [0.4, 0.5) is 0 Å². The molecule has 6 aliphatic rings. The summed E-state index contributed by atoms with van der Waals surface area (Å²) in [5.41, 5.74) is -1.08. The fourth-order valence-corrected chi connectivity index (χ4v) is 11.5. The van der Waals surface area contributed by atoms with E-state index in [0.29, 0.717) is 30.6 Å². The van der Waals surface area contributed by atoms with Crippen LogP contribution in [-0.2, 0) is 38.0 Å². The van der Waals surface area contributed by atoms with Crippen LogP contribution in [0.5, 0.6) is 0 Å². The molecule has 0 saturated carbocycles. The third-order valence-electron chi connectivity index (χ3n) is 15.1. The van der Waals surface area contributed by atoms with Gasteiger partial charge in [-0.15, -0.1) is 0 Å². The molecule has 1 spiro atoms. The van der Waals surface area contributed by atoms with Gasteiger partial charge in [-0.3, -0.25) is 4.79 Å². The number of rotatable bonds is 8. The minimum Gasteiger partial charge on any atom is -0.481 e. The standard InChI is InChI=1S/C41H70O11.Na/c1-20-17-21(2)32(47-28(20)9)30-18-22(3)36(48-30)39(11)14-13-31(49-39)38(10)15-16-40(52-38)19-29(42)23(4)33(50-40)24(5)34-25(6)35(46-12)26(7)41(45,51-34)27(8)37(43)44;/h20-36,42,45H,13-19H2,1-12H3,(H,43,44);. The molecular weight excluding hydrogens is 691 g/mol. The number of ether oxygens (including phenoxy) is 7. The van der Waals surface area contributed by atoms with E-state index in [4.69, 9.17) is 33.2 Å². The minimum atomic E-state index is -1.94. The van der Waals surface area contributed by atoms with Crippen LogP contribution in [0.3, 0.4) is 0 Å². The molecule has 6 fully saturated rings. The molecule has 0 aromatic rings. The van der Waals surface area contributed by atoms with Crippen molar-refractivity contribution >= 4 is 35.5 Å². The van der Waals surface area contributed by atoms with Crippen molar-refractivity contribution < 1.29 is 53.3 Å². The Kier molecular flexibility index (Phi) is 13.4. The number of carbonyl (C=O) groups is 1. The largest absolute Gasteiger partial charge is 0.481 e. The number of aliphatic carboxylic acids is 1. The third-order valence-corrected chi connectivity index (χ3v) is 15.1. The Balaban J connectivity index is 0.00000541. The van der Waals surface area contributed by atoms with E-state index < -0.39 is 65.0 Å². The van der Waals surface area contributed by atoms with Crippen LogP contribution >= 0.6 is 0 Å². The van der Waals surface area contributed by atoms with Crippen LogP contribution in [-0.4, -0.2) is 136 Å². The van der Waals surface area contributed by atoms with E-state index >= 15 is 0 Å². The van der Waals surface area contributed by atoms with E-state index in [-0.39, 0.29) is 77.8 Å². The number of aliphatic hydroxyl groups is 2. The molecule has 6 heterocycles. The fourth-order valence-electron chi connectivity index (χ4n) is 11.5. The quantitative estimate of drug-likeness (QED) is 0.268. The SMILES string of the molecule is COC1C(C)C(C(C)C2OC3(CCC(C)(C4CCC(C)(C5OC(C6OC(C)C(C)CC6C)CC5C)O4)O3)CC(O)C2C)OC(O)(C(C)C(=O)O)C1C.[Na]. The topological polar surface area (TPSA) is 142 Å². The third kappa shape index (κ3) is 7.85. The maximum Gasteiger partial charge on any atom is 0.311 e. The molecule has 6 rings (SSSR count). The number of methoxy groups -OCH3 is 1. The van der Waals surface area contributed by atoms with Gasteiger partial charge in [0.15, 0.2) is 11.6 Å². The average molecular weight is 762 g/mol. The summed E-state index contributed by atoms with van der Waals surface area (Å²) in [6, 6.07) is 0. The summed E-state index contributed by atoms with van der Waals surface area (Å²) in [7, 11) is 1.59. The first-order chi connectivity index (χ1) is 24.2. The predicted octanol–water partition coefficient (Wildman–Crippen LogP) is 5.57. The molecule has 21 unspecified atom stereocenters. The Morgan fingerprint density at radius 3 is 2.13 bits per heavy atom. The molecule has 3 N–H and O–H groups in total. The summed E-state index contributed by atoms with van der Waals surface area (Å²) in [6.07, 6.45) is 3.48. The van der Waals surface area contributed by atoms with Crippen molar-refractivity contribution in [3.63, 3.8) is 0 Å². The maximum atomic E-state index is 12.1. The molecule has 21 atom stereocenters. The minimum absolute atomic E-state index is 0. The van der Waals surface area contributed by atoms with Gasteiger partial charge in [0.1, 0.15) is 5.92 Å². The first-order valence-corrected chi connectivity index (χ1v) is 20.4. The molecule has 12 heteroatoms. The normalized spacial score (nSPS) is 54.4. The zero-order valence-corrected chi connectivity index (χ0v) is 36.9. The Morgan fingerprint density at radius 1 is 0.830 bits per heavy atom. The second kappa shape index (κ2) is 16.0. The zero-order chi connectivity index (χ0) is 38.3. The molecule has 0 aromatic carbocycles. The molecule has 53 heavy (non-hydrogen) atoms. The molecular formula is C41H70NaO11. The number of aliphatic hydroxyl groups excluding tert-OH is 1. The summed E-state index contributed by atoms with van der Waals surface area (Å²) in [5, 5.41) is 33.2. The Hall–Kier alpha value is 0.110. The Morgan fingerprint density at radius 2 is 1.49 bits per heavy atom. The van der Waals surface area contributed by atoms with E-state index in [0.717, 1.165) is 32.1 Å². The monoisotopic (exact) mass is 761 g/mol. The summed E-state index contributed by atoms with van der Waals surface area (Å²) in [4.78, 5) is 12.1. The number of carboxylic acids is 1. The second-order valence-electron chi connectivity index (χ2n) is 18.9. The van der Waals surface area contributed by atoms with Crippen LogP contribution < -0.4 is 0 Å². The van der Waals surface area contributed by atoms with Crippen molar-refractivity contribution in [2.45, 2.75) is 199 Å². The van der Waals surface area contributed by atoms with Crippen LogP contribution in [0.2, 0.25) is 0 Å². The number of hydrogen-bond donors (Lipinski definition) is 3. The summed E-state index contributed by atoms with van der Waals surface area (Å²) >= 11 is 0. The average Bonchev–Trinajstić information content (AvgIpc) is 3.78. The van der Waals surface area contributed by atoms with Crippen molar-refractivity contribution in [2.75, 3.05) is 7.11 Å². The molecule has 0 amide bonds. The van der Waals surface area contributed by atoms with E-state index in [1.54, 1.807) is 14.0 Å². The predicted molar refractivity (Wildman–Crippen MR) is 199 cm³/mol. The van der Waals surface area contributed by atoms with Crippen molar-refractivity contribution in [3.05, 3.63) is 0 Å². The fraction of sp³-hybridized carbons (Fsp3) is 0.976. The smallest absolute Gasteiger partial charge is 0.311 e. The first-order valence-electron chi connectivity index (χ1n) is 20.4. The molecule has 6 saturated heterocycles. The molecule has 6 aliphatic heterocycles. The number of carboxylic acid groups (broad SMARTS) is 1. The molecule has 11 nitrogen and oxygen atoms in total. The van der Waals surface area contributed by atoms with Crippen LogP contribution in [0.25, 0.3) is 0 Å². The summed E-state index contributed by atoms with van der Waals surface area (Å²) in [6.45, 7) is 22.6. The van der Waals surface area contributed by atoms with Crippen LogP contribution in [0.1, 0.15) is 121 Å². The van der Waals surface area contributed by atoms with E-state index in [1.165, 1.54) is 6.92 Å². The maximum absolute atomic E-state index is 12.1. The summed E-state index contributed by atoms with van der Waals surface area (Å²) < 4.78 is 46.7. The van der Waals surface area contributed by atoms with Crippen molar-refractivity contribution in [2.24, 2.45) is 47.3 Å². The van der Waals surface area contributed by atoms with Gasteiger partial charge in [0.25, 0.3) is 0 Å². The van der Waals surface area contributed by atoms with Gasteiger partial charge < -0.3 is 48.5 Å². The Labute approximate surface area is 340 Å². The van der Waals surface area contributed by atoms with Gasteiger partial charge in [0.05, 0.1) is 66.1 Å². The van der Waals surface area contributed by atoms with Gasteiger partial charge in [-0.1, -0.05) is 48.5 Å². The van der Waals surface area contributed by atoms with Gasteiger partial charge in [0.2, 0.25) is 0 Å². The van der Waals surface area contributed by atoms with E-state index in [9.17, 15) is 20.1 Å². The van der Waals surface area contributed by atoms with Crippen molar-refractivity contribution in [3.8, 4) is 0 Å². The van der Waals surface area contributed by atoms with E-state index in [1.807, 2.05) is 20.8 Å². The van der Waals surface area contributed by atoms with Crippen LogP contribution in [0.15, 0.2) is 0 Å². The van der Waals surface area contributed by atoms with Gasteiger partial charge in [-0.05, 0) is 77.6 Å². The summed E-state index contributed by atoms with van der Waals surface area (Å²) in [5.74, 6) is -5.28.